The number of carbonyl (C=O) groups is 3. The molecule has 0 aromatic heterocycles. The number of ether oxygens (including phenoxy) is 1. The van der Waals surface area contributed by atoms with Crippen LogP contribution in [0.1, 0.15) is 34.8 Å². The Balaban J connectivity index is 2.00. The van der Waals surface area contributed by atoms with Crippen molar-refractivity contribution in [3.63, 3.8) is 0 Å². The van der Waals surface area contributed by atoms with E-state index in [1.807, 2.05) is 0 Å². The average molecular weight is 363 g/mol. The number of rotatable bonds is 4. The Morgan fingerprint density at radius 1 is 1.07 bits per heavy atom. The number of aliphatic carboxylic acids is 1. The summed E-state index contributed by atoms with van der Waals surface area (Å²) in [7, 11) is 0. The molecule has 2 aromatic carbocycles. The van der Waals surface area contributed by atoms with Crippen molar-refractivity contribution in [3.05, 3.63) is 76.9 Å². The van der Waals surface area contributed by atoms with Gasteiger partial charge in [-0.15, -0.1) is 0 Å². The van der Waals surface area contributed by atoms with Crippen LogP contribution in [0.15, 0.2) is 60.2 Å². The van der Waals surface area contributed by atoms with E-state index in [1.165, 1.54) is 4.90 Å². The predicted octanol–water partition coefficient (Wildman–Crippen LogP) is 2.80. The molecule has 0 spiro atoms. The molecule has 0 fully saturated rings. The van der Waals surface area contributed by atoms with Gasteiger partial charge in [0.2, 0.25) is 0 Å². The molecular weight excluding hydrogens is 346 g/mol. The van der Waals surface area contributed by atoms with Crippen LogP contribution in [-0.4, -0.2) is 34.5 Å². The molecule has 27 heavy (non-hydrogen) atoms. The molecule has 0 aliphatic carbocycles. The molecule has 0 saturated carbocycles. The van der Waals surface area contributed by atoms with Crippen LogP contribution in [0.3, 0.4) is 0 Å². The van der Waals surface area contributed by atoms with Gasteiger partial charge in [0.05, 0.1) is 17.9 Å². The number of nitrogens with zero attached hydrogens (tertiary/aromatic N) is 1. The highest BCUT2D eigenvalue weighted by atomic mass is 16.5. The number of carbonyl (C=O) groups excluding carboxylic acids is 2. The number of amides is 1. The van der Waals surface area contributed by atoms with Crippen molar-refractivity contribution in [1.82, 2.24) is 4.90 Å². The van der Waals surface area contributed by atoms with Gasteiger partial charge in [-0.3, -0.25) is 9.69 Å². The number of benzene rings is 2. The number of esters is 1. The largest absolute Gasteiger partial charge is 0.479 e. The molecule has 2 aromatic rings. The zero-order valence-corrected chi connectivity index (χ0v) is 14.6. The van der Waals surface area contributed by atoms with Gasteiger partial charge in [0.1, 0.15) is 0 Å². The number of hydrogen-bond donors (Lipinski definition) is 1. The Labute approximate surface area is 155 Å². The highest BCUT2D eigenvalue weighted by Crippen LogP contribution is 2.53. The Kier molecular flexibility index (Phi) is 3.84. The van der Waals surface area contributed by atoms with Gasteiger partial charge in [-0.25, -0.2) is 9.59 Å². The van der Waals surface area contributed by atoms with Crippen molar-refractivity contribution in [2.45, 2.75) is 18.9 Å². The Morgan fingerprint density at radius 2 is 1.70 bits per heavy atom. The van der Waals surface area contributed by atoms with Crippen LogP contribution in [0, 0.1) is 0 Å². The maximum atomic E-state index is 13.2. The van der Waals surface area contributed by atoms with Crippen LogP contribution in [0.2, 0.25) is 0 Å². The van der Waals surface area contributed by atoms with Crippen molar-refractivity contribution in [2.24, 2.45) is 0 Å². The molecule has 0 radical (unpaired) electrons. The third-order valence-corrected chi connectivity index (χ3v) is 5.07. The van der Waals surface area contributed by atoms with Gasteiger partial charge in [0, 0.05) is 17.5 Å². The predicted molar refractivity (Wildman–Crippen MR) is 96.5 cm³/mol. The summed E-state index contributed by atoms with van der Waals surface area (Å²) in [5, 5.41) is 10.2. The zero-order chi connectivity index (χ0) is 19.2. The summed E-state index contributed by atoms with van der Waals surface area (Å²) in [6, 6.07) is 15.4. The summed E-state index contributed by atoms with van der Waals surface area (Å²) in [6.07, 6.45) is -0.138. The summed E-state index contributed by atoms with van der Waals surface area (Å²) < 4.78 is 5.17. The minimum atomic E-state index is -1.69. The minimum Gasteiger partial charge on any atom is -0.479 e. The second kappa shape index (κ2) is 6.09. The molecule has 0 bridgehead atoms. The van der Waals surface area contributed by atoms with E-state index in [0.29, 0.717) is 22.4 Å². The Morgan fingerprint density at radius 3 is 2.33 bits per heavy atom. The molecule has 6 nitrogen and oxygen atoms in total. The van der Waals surface area contributed by atoms with Gasteiger partial charge in [-0.2, -0.15) is 0 Å². The van der Waals surface area contributed by atoms with Crippen molar-refractivity contribution in [2.75, 3.05) is 6.61 Å². The Hall–Kier alpha value is -3.41. The molecule has 2 heterocycles. The second-order valence-corrected chi connectivity index (χ2v) is 6.44. The van der Waals surface area contributed by atoms with E-state index < -0.39 is 23.4 Å². The SMILES string of the molecule is CCOC(=O)C1=C2c3ccccc3C(=O)N2C(C(=O)O)(c2ccccc2)C1. The van der Waals surface area contributed by atoms with Gasteiger partial charge in [0.15, 0.2) is 5.54 Å². The van der Waals surface area contributed by atoms with Gasteiger partial charge in [0.25, 0.3) is 5.91 Å². The van der Waals surface area contributed by atoms with Crippen molar-refractivity contribution in [3.8, 4) is 0 Å². The van der Waals surface area contributed by atoms with E-state index in [1.54, 1.807) is 61.5 Å². The normalized spacial score (nSPS) is 20.5. The standard InChI is InChI=1S/C21H17NO5/c1-2-27-19(24)16-12-21(20(25)26,13-8-4-3-5-9-13)22-17(16)14-10-6-7-11-15(14)18(22)23/h3-11H,2,12H2,1H3,(H,25,26). The molecule has 6 heteroatoms. The molecule has 2 aliphatic rings. The van der Waals surface area contributed by atoms with Crippen LogP contribution in [0.4, 0.5) is 0 Å². The third kappa shape index (κ3) is 2.23. The summed E-state index contributed by atoms with van der Waals surface area (Å²) in [5.41, 5.74) is 0.242. The smallest absolute Gasteiger partial charge is 0.336 e. The maximum absolute atomic E-state index is 13.2. The topological polar surface area (TPSA) is 83.9 Å². The van der Waals surface area contributed by atoms with Gasteiger partial charge in [-0.05, 0) is 18.6 Å². The molecule has 1 amide bonds. The summed E-state index contributed by atoms with van der Waals surface area (Å²) in [5.74, 6) is -2.21. The van der Waals surface area contributed by atoms with E-state index in [9.17, 15) is 19.5 Å². The quantitative estimate of drug-likeness (QED) is 0.845. The van der Waals surface area contributed by atoms with E-state index in [2.05, 4.69) is 0 Å². The fourth-order valence-electron chi connectivity index (χ4n) is 3.93. The monoisotopic (exact) mass is 363 g/mol. The number of carboxylic acids is 1. The molecule has 0 saturated heterocycles. The van der Waals surface area contributed by atoms with Gasteiger partial charge < -0.3 is 9.84 Å². The maximum Gasteiger partial charge on any atom is 0.336 e. The fourth-order valence-corrected chi connectivity index (χ4v) is 3.93. The van der Waals surface area contributed by atoms with Crippen LogP contribution in [-0.2, 0) is 19.9 Å². The minimum absolute atomic E-state index is 0.138. The number of hydrogen-bond acceptors (Lipinski definition) is 4. The van der Waals surface area contributed by atoms with E-state index in [4.69, 9.17) is 4.74 Å². The first-order valence-electron chi connectivity index (χ1n) is 8.65. The van der Waals surface area contributed by atoms with Crippen LogP contribution in [0.25, 0.3) is 5.70 Å². The molecule has 2 aliphatic heterocycles. The van der Waals surface area contributed by atoms with Crippen LogP contribution in [0.5, 0.6) is 0 Å². The van der Waals surface area contributed by atoms with E-state index in [0.717, 1.165) is 0 Å². The van der Waals surface area contributed by atoms with Gasteiger partial charge >= 0.3 is 11.9 Å². The number of fused-ring (bicyclic) bond motifs is 3. The lowest BCUT2D eigenvalue weighted by atomic mass is 9.84. The lowest BCUT2D eigenvalue weighted by molar-refractivity contribution is -0.148. The molecule has 1 unspecified atom stereocenters. The first kappa shape index (κ1) is 17.0. The van der Waals surface area contributed by atoms with Crippen LogP contribution >= 0.6 is 0 Å². The summed E-state index contributed by atoms with van der Waals surface area (Å²) in [4.78, 5) is 39.6. The number of carboxylic acid groups (broad SMARTS) is 1. The van der Waals surface area contributed by atoms with Crippen molar-refractivity contribution >= 4 is 23.5 Å². The summed E-state index contributed by atoms with van der Waals surface area (Å²) >= 11 is 0. The third-order valence-electron chi connectivity index (χ3n) is 5.07. The van der Waals surface area contributed by atoms with Crippen LogP contribution < -0.4 is 0 Å². The lowest BCUT2D eigenvalue weighted by Gasteiger charge is -2.34. The van der Waals surface area contributed by atoms with E-state index >= 15 is 0 Å². The van der Waals surface area contributed by atoms with Crippen molar-refractivity contribution in [1.29, 1.82) is 0 Å². The van der Waals surface area contributed by atoms with Crippen molar-refractivity contribution < 1.29 is 24.2 Å². The first-order valence-corrected chi connectivity index (χ1v) is 8.65. The molecular formula is C21H17NO5. The highest BCUT2D eigenvalue weighted by molar-refractivity contribution is 6.17. The van der Waals surface area contributed by atoms with E-state index in [-0.39, 0.29) is 18.6 Å². The van der Waals surface area contributed by atoms with Gasteiger partial charge in [-0.1, -0.05) is 48.5 Å². The molecule has 1 atom stereocenters. The molecule has 1 N–H and O–H groups in total. The first-order chi connectivity index (χ1) is 13.0. The fraction of sp³-hybridized carbons (Fsp3) is 0.190. The molecule has 4 rings (SSSR count). The highest BCUT2D eigenvalue weighted by Gasteiger charge is 2.59. The zero-order valence-electron chi connectivity index (χ0n) is 14.6. The molecule has 136 valence electrons. The second-order valence-electron chi connectivity index (χ2n) is 6.44. The lowest BCUT2D eigenvalue weighted by Crippen LogP contribution is -2.49. The summed E-state index contributed by atoms with van der Waals surface area (Å²) in [6.45, 7) is 1.85. The Bertz CT molecular complexity index is 995. The average Bonchev–Trinajstić information content (AvgIpc) is 3.19.